The van der Waals surface area contributed by atoms with E-state index in [0.717, 1.165) is 61.8 Å². The van der Waals surface area contributed by atoms with Gasteiger partial charge in [0.25, 0.3) is 5.88 Å². The number of unbranched alkanes of at least 4 members (excludes halogenated alkanes) is 9. The average Bonchev–Trinajstić information content (AvgIpc) is 3.30. The summed E-state index contributed by atoms with van der Waals surface area (Å²) >= 11 is 1.23. The lowest BCUT2D eigenvalue weighted by molar-refractivity contribution is -0.951. The zero-order chi connectivity index (χ0) is 25.6. The molecule has 1 saturated carbocycles. The van der Waals surface area contributed by atoms with Gasteiger partial charge in [-0.2, -0.15) is 4.37 Å². The number of ether oxygens (including phenoxy) is 2. The second kappa shape index (κ2) is 15.7. The van der Waals surface area contributed by atoms with Crippen LogP contribution in [-0.2, 0) is 9.53 Å². The number of carbonyl (C=O) groups excluding carboxylic acids is 1. The van der Waals surface area contributed by atoms with Crippen LogP contribution in [0.5, 0.6) is 5.88 Å². The lowest BCUT2D eigenvalue weighted by Gasteiger charge is -2.47. The van der Waals surface area contributed by atoms with Crippen molar-refractivity contribution >= 4 is 23.3 Å². The predicted octanol–water partition coefficient (Wildman–Crippen LogP) is 7.54. The van der Waals surface area contributed by atoms with Crippen molar-refractivity contribution in [2.45, 2.75) is 123 Å². The minimum atomic E-state index is -0.0653. The van der Waals surface area contributed by atoms with Gasteiger partial charge in [0.05, 0.1) is 31.9 Å². The summed E-state index contributed by atoms with van der Waals surface area (Å²) in [5.41, 5.74) is 2.08. The summed E-state index contributed by atoms with van der Waals surface area (Å²) in [6.45, 7) is 6.95. The van der Waals surface area contributed by atoms with Crippen LogP contribution in [-0.4, -0.2) is 52.2 Å². The first kappa shape index (κ1) is 29.1. The molecule has 2 unspecified atom stereocenters. The molecule has 2 atom stereocenters. The van der Waals surface area contributed by atoms with Crippen molar-refractivity contribution in [1.82, 2.24) is 8.75 Å². The van der Waals surface area contributed by atoms with Gasteiger partial charge in [-0.15, -0.1) is 4.37 Å². The molecule has 0 aromatic carbocycles. The van der Waals surface area contributed by atoms with Crippen molar-refractivity contribution in [1.29, 1.82) is 0 Å². The van der Waals surface area contributed by atoms with E-state index in [1.54, 1.807) is 0 Å². The first-order chi connectivity index (χ1) is 17.6. The lowest BCUT2D eigenvalue weighted by atomic mass is 9.82. The first-order valence-electron chi connectivity index (χ1n) is 14.8. The molecular weight excluding hydrogens is 470 g/mol. The van der Waals surface area contributed by atoms with Crippen molar-refractivity contribution in [3.05, 3.63) is 11.8 Å². The second-order valence-electron chi connectivity index (χ2n) is 11.1. The number of likely N-dealkylation sites (N-methyl/N-ethyl adjacent to an activating group) is 1. The van der Waals surface area contributed by atoms with Crippen molar-refractivity contribution in [2.75, 3.05) is 26.7 Å². The van der Waals surface area contributed by atoms with Crippen LogP contribution in [0.2, 0.25) is 0 Å². The van der Waals surface area contributed by atoms with E-state index in [1.807, 2.05) is 0 Å². The summed E-state index contributed by atoms with van der Waals surface area (Å²) in [6.07, 6.45) is 20.5. The molecule has 0 saturated heterocycles. The average molecular weight is 521 g/mol. The number of esters is 1. The molecule has 0 amide bonds. The topological polar surface area (TPSA) is 61.3 Å². The molecule has 0 radical (unpaired) electrons. The van der Waals surface area contributed by atoms with Gasteiger partial charge in [-0.3, -0.25) is 9.28 Å². The molecule has 7 heteroatoms. The predicted molar refractivity (Wildman–Crippen MR) is 148 cm³/mol. The SMILES string of the molecule is CCCCCCCCCC(=O)OC(C1CCC1)[N+]1(C)CCC=C(c2nsnc2OCCCCCC)C1. The fourth-order valence-electron chi connectivity index (χ4n) is 5.50. The fourth-order valence-corrected chi connectivity index (χ4v) is 6.03. The van der Waals surface area contributed by atoms with Crippen LogP contribution >= 0.6 is 11.7 Å². The Bertz CT molecular complexity index is 807. The van der Waals surface area contributed by atoms with E-state index >= 15 is 0 Å². The van der Waals surface area contributed by atoms with Crippen molar-refractivity contribution < 1.29 is 18.8 Å². The van der Waals surface area contributed by atoms with Gasteiger partial charge in [-0.25, -0.2) is 0 Å². The highest BCUT2D eigenvalue weighted by atomic mass is 32.1. The maximum Gasteiger partial charge on any atom is 0.310 e. The van der Waals surface area contributed by atoms with Crippen LogP contribution in [0, 0.1) is 5.92 Å². The van der Waals surface area contributed by atoms with E-state index in [4.69, 9.17) is 9.47 Å². The molecule has 1 aliphatic heterocycles. The Labute approximate surface area is 223 Å². The van der Waals surface area contributed by atoms with Crippen LogP contribution in [0.25, 0.3) is 5.57 Å². The molecule has 1 fully saturated rings. The molecule has 0 N–H and O–H groups in total. The highest BCUT2D eigenvalue weighted by molar-refractivity contribution is 6.99. The van der Waals surface area contributed by atoms with E-state index in [-0.39, 0.29) is 12.2 Å². The Hall–Kier alpha value is -1.47. The lowest BCUT2D eigenvalue weighted by Crippen LogP contribution is -2.60. The first-order valence-corrected chi connectivity index (χ1v) is 15.5. The van der Waals surface area contributed by atoms with Crippen LogP contribution in [0.1, 0.15) is 122 Å². The Morgan fingerprint density at radius 2 is 1.72 bits per heavy atom. The Balaban J connectivity index is 1.55. The Morgan fingerprint density at radius 1 is 1.03 bits per heavy atom. The molecule has 204 valence electrons. The molecule has 3 rings (SSSR count). The minimum Gasteiger partial charge on any atom is -0.475 e. The van der Waals surface area contributed by atoms with Crippen molar-refractivity contribution in [2.24, 2.45) is 5.92 Å². The van der Waals surface area contributed by atoms with Gasteiger partial charge < -0.3 is 9.47 Å². The number of quaternary nitrogens is 1. The maximum absolute atomic E-state index is 12.9. The van der Waals surface area contributed by atoms with Gasteiger partial charge >= 0.3 is 5.97 Å². The van der Waals surface area contributed by atoms with E-state index in [2.05, 4.69) is 35.7 Å². The monoisotopic (exact) mass is 520 g/mol. The molecule has 1 aromatic rings. The third kappa shape index (κ3) is 8.83. The minimum absolute atomic E-state index is 0.0117. The molecule has 0 bridgehead atoms. The molecule has 1 aliphatic carbocycles. The van der Waals surface area contributed by atoms with Crippen molar-refractivity contribution in [3.8, 4) is 5.88 Å². The third-order valence-corrected chi connectivity index (χ3v) is 8.48. The molecule has 36 heavy (non-hydrogen) atoms. The number of aromatic nitrogens is 2. The van der Waals surface area contributed by atoms with Gasteiger partial charge in [-0.1, -0.05) is 84.1 Å². The molecule has 2 heterocycles. The quantitative estimate of drug-likeness (QED) is 0.114. The molecule has 2 aliphatic rings. The van der Waals surface area contributed by atoms with Crippen LogP contribution < -0.4 is 4.74 Å². The summed E-state index contributed by atoms with van der Waals surface area (Å²) in [7, 11) is 2.27. The van der Waals surface area contributed by atoms with Gasteiger partial charge in [0.2, 0.25) is 6.23 Å². The second-order valence-corrected chi connectivity index (χ2v) is 11.7. The number of rotatable bonds is 18. The van der Waals surface area contributed by atoms with E-state index in [9.17, 15) is 4.79 Å². The van der Waals surface area contributed by atoms with Crippen molar-refractivity contribution in [3.63, 3.8) is 0 Å². The number of hydrogen-bond donors (Lipinski definition) is 0. The van der Waals surface area contributed by atoms with E-state index < -0.39 is 0 Å². The zero-order valence-electron chi connectivity index (χ0n) is 23.1. The Kier molecular flexibility index (Phi) is 12.7. The van der Waals surface area contributed by atoms with Gasteiger partial charge in [0, 0.05) is 24.3 Å². The molecule has 6 nitrogen and oxygen atoms in total. The summed E-state index contributed by atoms with van der Waals surface area (Å²) in [5, 5.41) is 0. The van der Waals surface area contributed by atoms with Crippen LogP contribution in [0.15, 0.2) is 6.08 Å². The number of hydrogen-bond acceptors (Lipinski definition) is 6. The van der Waals surface area contributed by atoms with Crippen LogP contribution in [0.3, 0.4) is 0 Å². The standard InChI is InChI=1S/C29H50N3O3S/c1-4-6-8-10-11-12-13-20-26(33)35-29(24-17-15-18-24)32(3)21-16-19-25(23-32)27-28(31-36-30-27)34-22-14-9-7-5-2/h19,24,29H,4-18,20-23H2,1-3H3/q+1. The highest BCUT2D eigenvalue weighted by Crippen LogP contribution is 2.39. The van der Waals surface area contributed by atoms with E-state index in [0.29, 0.717) is 24.8 Å². The van der Waals surface area contributed by atoms with Gasteiger partial charge in [0.1, 0.15) is 12.2 Å². The molecule has 1 aromatic heterocycles. The molecular formula is C29H50N3O3S+. The smallest absolute Gasteiger partial charge is 0.310 e. The molecule has 0 spiro atoms. The van der Waals surface area contributed by atoms with Gasteiger partial charge in [-0.05, 0) is 25.7 Å². The number of carbonyl (C=O) groups is 1. The largest absolute Gasteiger partial charge is 0.475 e. The highest BCUT2D eigenvalue weighted by Gasteiger charge is 2.45. The number of nitrogens with zero attached hydrogens (tertiary/aromatic N) is 3. The summed E-state index contributed by atoms with van der Waals surface area (Å²) < 4.78 is 22.1. The van der Waals surface area contributed by atoms with E-state index in [1.165, 1.54) is 75.1 Å². The zero-order valence-corrected chi connectivity index (χ0v) is 24.0. The summed E-state index contributed by atoms with van der Waals surface area (Å²) in [6, 6.07) is 0. The fraction of sp³-hybridized carbons (Fsp3) is 0.828. The summed E-state index contributed by atoms with van der Waals surface area (Å²) in [4.78, 5) is 12.9. The normalized spacial score (nSPS) is 21.0. The van der Waals surface area contributed by atoms with Gasteiger partial charge in [0.15, 0.2) is 0 Å². The Morgan fingerprint density at radius 3 is 2.42 bits per heavy atom. The summed E-state index contributed by atoms with van der Waals surface area (Å²) in [5.74, 6) is 1.13. The third-order valence-electron chi connectivity index (χ3n) is 7.97. The maximum atomic E-state index is 12.9. The van der Waals surface area contributed by atoms with Crippen LogP contribution in [0.4, 0.5) is 0 Å².